The summed E-state index contributed by atoms with van der Waals surface area (Å²) in [6, 6.07) is 8.34. The minimum atomic E-state index is -0.600. The number of hydrazine groups is 1. The van der Waals surface area contributed by atoms with Gasteiger partial charge in [0.05, 0.1) is 12.6 Å². The molecule has 0 saturated carbocycles. The molecular formula is C18H27N3O4. The number of amides is 2. The normalized spacial score (nSPS) is 19.3. The van der Waals surface area contributed by atoms with E-state index in [1.165, 1.54) is 0 Å². The van der Waals surface area contributed by atoms with Crippen LogP contribution in [0, 0.1) is 0 Å². The van der Waals surface area contributed by atoms with Gasteiger partial charge >= 0.3 is 6.09 Å². The van der Waals surface area contributed by atoms with Gasteiger partial charge in [0.25, 0.3) is 0 Å². The van der Waals surface area contributed by atoms with E-state index in [1.807, 2.05) is 30.3 Å². The molecule has 1 aliphatic heterocycles. The first-order valence-corrected chi connectivity index (χ1v) is 8.52. The SMILES string of the molecule is CC(C)(C)OC(=O)NN1CCC[C@@H]1C(=O)N[C@H](CO)c1ccccc1. The second kappa shape index (κ2) is 8.31. The zero-order valence-corrected chi connectivity index (χ0v) is 15.0. The first-order valence-electron chi connectivity index (χ1n) is 8.52. The van der Waals surface area contributed by atoms with Gasteiger partial charge in [-0.05, 0) is 39.2 Å². The number of benzene rings is 1. The molecule has 0 spiro atoms. The van der Waals surface area contributed by atoms with E-state index in [9.17, 15) is 14.7 Å². The van der Waals surface area contributed by atoms with Crippen molar-refractivity contribution in [1.29, 1.82) is 0 Å². The largest absolute Gasteiger partial charge is 0.443 e. The summed E-state index contributed by atoms with van der Waals surface area (Å²) in [5.74, 6) is -0.225. The van der Waals surface area contributed by atoms with E-state index in [2.05, 4.69) is 10.7 Å². The highest BCUT2D eigenvalue weighted by Gasteiger charge is 2.34. The molecule has 2 amide bonds. The van der Waals surface area contributed by atoms with E-state index < -0.39 is 23.8 Å². The summed E-state index contributed by atoms with van der Waals surface area (Å²) in [5, 5.41) is 14.0. The third kappa shape index (κ3) is 5.72. The van der Waals surface area contributed by atoms with Crippen molar-refractivity contribution < 1.29 is 19.4 Å². The molecule has 0 aromatic heterocycles. The number of nitrogens with one attached hydrogen (secondary N) is 2. The van der Waals surface area contributed by atoms with Gasteiger partial charge in [0.2, 0.25) is 5.91 Å². The van der Waals surface area contributed by atoms with Crippen LogP contribution < -0.4 is 10.7 Å². The van der Waals surface area contributed by atoms with Crippen molar-refractivity contribution in [3.05, 3.63) is 35.9 Å². The predicted octanol–water partition coefficient (Wildman–Crippen LogP) is 1.74. The Balaban J connectivity index is 1.96. The summed E-state index contributed by atoms with van der Waals surface area (Å²) < 4.78 is 5.24. The molecule has 25 heavy (non-hydrogen) atoms. The van der Waals surface area contributed by atoms with Gasteiger partial charge in [0.1, 0.15) is 11.6 Å². The maximum atomic E-state index is 12.6. The second-order valence-corrected chi connectivity index (χ2v) is 7.12. The summed E-state index contributed by atoms with van der Waals surface area (Å²) in [4.78, 5) is 24.5. The van der Waals surface area contributed by atoms with Crippen molar-refractivity contribution in [2.75, 3.05) is 13.2 Å². The van der Waals surface area contributed by atoms with Gasteiger partial charge in [-0.15, -0.1) is 0 Å². The van der Waals surface area contributed by atoms with Gasteiger partial charge in [-0.1, -0.05) is 30.3 Å². The Labute approximate surface area is 148 Å². The average molecular weight is 349 g/mol. The van der Waals surface area contributed by atoms with Crippen LogP contribution in [-0.2, 0) is 9.53 Å². The van der Waals surface area contributed by atoms with Crippen molar-refractivity contribution in [3.8, 4) is 0 Å². The molecule has 1 aromatic rings. The Morgan fingerprint density at radius 3 is 2.60 bits per heavy atom. The number of aliphatic hydroxyl groups is 1. The summed E-state index contributed by atoms with van der Waals surface area (Å²) in [7, 11) is 0. The standard InChI is InChI=1S/C18H27N3O4/c1-18(2,3)25-17(24)20-21-11-7-10-15(21)16(23)19-14(12-22)13-8-5-4-6-9-13/h4-6,8-9,14-15,22H,7,10-12H2,1-3H3,(H,19,23)(H,20,24)/t14-,15-/m1/s1. The first kappa shape index (κ1) is 19.2. The Bertz CT molecular complexity index is 586. The second-order valence-electron chi connectivity index (χ2n) is 7.12. The molecular weight excluding hydrogens is 322 g/mol. The number of hydrogen-bond donors (Lipinski definition) is 3. The van der Waals surface area contributed by atoms with Gasteiger partial charge in [-0.2, -0.15) is 0 Å². The van der Waals surface area contributed by atoms with Crippen molar-refractivity contribution in [2.45, 2.75) is 51.3 Å². The quantitative estimate of drug-likeness (QED) is 0.753. The molecule has 1 aromatic carbocycles. The van der Waals surface area contributed by atoms with Crippen LogP contribution >= 0.6 is 0 Å². The molecule has 1 heterocycles. The van der Waals surface area contributed by atoms with Crippen molar-refractivity contribution in [2.24, 2.45) is 0 Å². The van der Waals surface area contributed by atoms with Gasteiger partial charge in [-0.3, -0.25) is 10.2 Å². The molecule has 2 rings (SSSR count). The number of carbonyl (C=O) groups excluding carboxylic acids is 2. The molecule has 0 unspecified atom stereocenters. The van der Waals surface area contributed by atoms with Crippen LogP contribution in [-0.4, -0.2) is 46.9 Å². The topological polar surface area (TPSA) is 90.9 Å². The van der Waals surface area contributed by atoms with E-state index >= 15 is 0 Å². The molecule has 1 aliphatic rings. The minimum Gasteiger partial charge on any atom is -0.443 e. The highest BCUT2D eigenvalue weighted by atomic mass is 16.6. The lowest BCUT2D eigenvalue weighted by atomic mass is 10.1. The number of rotatable bonds is 5. The molecule has 7 heteroatoms. The third-order valence-corrected chi connectivity index (χ3v) is 3.89. The Hall–Kier alpha value is -2.12. The number of ether oxygens (including phenoxy) is 1. The van der Waals surface area contributed by atoms with Crippen molar-refractivity contribution >= 4 is 12.0 Å². The molecule has 138 valence electrons. The lowest BCUT2D eigenvalue weighted by molar-refractivity contribution is -0.127. The van der Waals surface area contributed by atoms with Crippen LogP contribution in [0.2, 0.25) is 0 Å². The van der Waals surface area contributed by atoms with Gasteiger partial charge < -0.3 is 15.2 Å². The highest BCUT2D eigenvalue weighted by molar-refractivity contribution is 5.83. The summed E-state index contributed by atoms with van der Waals surface area (Å²) >= 11 is 0. The zero-order chi connectivity index (χ0) is 18.4. The monoisotopic (exact) mass is 349 g/mol. The number of hydrogen-bond acceptors (Lipinski definition) is 5. The molecule has 0 aliphatic carbocycles. The number of nitrogens with zero attached hydrogens (tertiary/aromatic N) is 1. The predicted molar refractivity (Wildman–Crippen MR) is 93.5 cm³/mol. The van der Waals surface area contributed by atoms with Crippen LogP contribution in [0.4, 0.5) is 4.79 Å². The zero-order valence-electron chi connectivity index (χ0n) is 15.0. The fourth-order valence-corrected chi connectivity index (χ4v) is 2.78. The van der Waals surface area contributed by atoms with Crippen molar-refractivity contribution in [1.82, 2.24) is 15.8 Å². The summed E-state index contributed by atoms with van der Waals surface area (Å²) in [6.45, 7) is 5.74. The minimum absolute atomic E-state index is 0.192. The van der Waals surface area contributed by atoms with E-state index in [4.69, 9.17) is 4.74 Å². The molecule has 1 fully saturated rings. The van der Waals surface area contributed by atoms with E-state index in [1.54, 1.807) is 25.8 Å². The Kier molecular flexibility index (Phi) is 6.39. The van der Waals surface area contributed by atoms with Crippen LogP contribution in [0.3, 0.4) is 0 Å². The van der Waals surface area contributed by atoms with Gasteiger partial charge in [0, 0.05) is 6.54 Å². The smallest absolute Gasteiger partial charge is 0.422 e. The molecule has 3 N–H and O–H groups in total. The van der Waals surface area contributed by atoms with Crippen molar-refractivity contribution in [3.63, 3.8) is 0 Å². The number of carbonyl (C=O) groups is 2. The fourth-order valence-electron chi connectivity index (χ4n) is 2.78. The number of aliphatic hydroxyl groups excluding tert-OH is 1. The molecule has 1 saturated heterocycles. The first-order chi connectivity index (χ1) is 11.8. The van der Waals surface area contributed by atoms with Crippen LogP contribution in [0.5, 0.6) is 0 Å². The maximum absolute atomic E-state index is 12.6. The van der Waals surface area contributed by atoms with Gasteiger partial charge in [0.15, 0.2) is 0 Å². The Morgan fingerprint density at radius 1 is 1.32 bits per heavy atom. The maximum Gasteiger partial charge on any atom is 0.422 e. The fraction of sp³-hybridized carbons (Fsp3) is 0.556. The molecule has 2 atom stereocenters. The van der Waals surface area contributed by atoms with Crippen LogP contribution in [0.25, 0.3) is 0 Å². The van der Waals surface area contributed by atoms with Crippen LogP contribution in [0.15, 0.2) is 30.3 Å². The molecule has 0 radical (unpaired) electrons. The molecule has 7 nitrogen and oxygen atoms in total. The Morgan fingerprint density at radius 2 is 2.00 bits per heavy atom. The highest BCUT2D eigenvalue weighted by Crippen LogP contribution is 2.18. The van der Waals surface area contributed by atoms with E-state index in [-0.39, 0.29) is 12.5 Å². The lowest BCUT2D eigenvalue weighted by Crippen LogP contribution is -2.53. The molecule has 0 bridgehead atoms. The lowest BCUT2D eigenvalue weighted by Gasteiger charge is -2.28. The van der Waals surface area contributed by atoms with Crippen LogP contribution in [0.1, 0.15) is 45.2 Å². The van der Waals surface area contributed by atoms with Gasteiger partial charge in [-0.25, -0.2) is 9.80 Å². The summed E-state index contributed by atoms with van der Waals surface area (Å²) in [5.41, 5.74) is 2.88. The van der Waals surface area contributed by atoms with E-state index in [0.717, 1.165) is 12.0 Å². The summed E-state index contributed by atoms with van der Waals surface area (Å²) in [6.07, 6.45) is 0.853. The average Bonchev–Trinajstić information content (AvgIpc) is 2.99. The van der Waals surface area contributed by atoms with E-state index in [0.29, 0.717) is 13.0 Å². The third-order valence-electron chi connectivity index (χ3n) is 3.89.